The second kappa shape index (κ2) is 5.57. The van der Waals surface area contributed by atoms with Crippen LogP contribution in [0, 0.1) is 0 Å². The van der Waals surface area contributed by atoms with Crippen molar-refractivity contribution in [3.05, 3.63) is 60.0 Å². The Hall–Kier alpha value is -2.74. The minimum Gasteiger partial charge on any atom is -0.455 e. The fourth-order valence-corrected chi connectivity index (χ4v) is 2.92. The van der Waals surface area contributed by atoms with E-state index in [-0.39, 0.29) is 0 Å². The first-order valence-corrected chi connectivity index (χ1v) is 7.36. The maximum Gasteiger partial charge on any atom is 0.145 e. The highest BCUT2D eigenvalue weighted by Gasteiger charge is 2.17. The van der Waals surface area contributed by atoms with Gasteiger partial charge in [0.2, 0.25) is 0 Å². The Kier molecular flexibility index (Phi) is 3.60. The molecule has 0 aliphatic heterocycles. The van der Waals surface area contributed by atoms with Gasteiger partial charge in [0.25, 0.3) is 0 Å². The van der Waals surface area contributed by atoms with Gasteiger partial charge in [0.1, 0.15) is 11.3 Å². The zero-order valence-electron chi connectivity index (χ0n) is 12.9. The molecular weight excluding hydrogens is 270 g/mol. The van der Waals surface area contributed by atoms with E-state index in [4.69, 9.17) is 4.42 Å². The number of hydrogen-bond donors (Lipinski definition) is 1. The van der Waals surface area contributed by atoms with Gasteiger partial charge in [-0.1, -0.05) is 37.5 Å². The van der Waals surface area contributed by atoms with Crippen LogP contribution in [-0.4, -0.2) is 4.98 Å². The molecule has 3 aromatic rings. The Morgan fingerprint density at radius 2 is 1.77 bits per heavy atom. The largest absolute Gasteiger partial charge is 0.455 e. The van der Waals surface area contributed by atoms with E-state index < -0.39 is 0 Å². The van der Waals surface area contributed by atoms with Gasteiger partial charge in [0, 0.05) is 22.2 Å². The van der Waals surface area contributed by atoms with E-state index in [1.807, 2.05) is 38.2 Å². The van der Waals surface area contributed by atoms with E-state index in [1.165, 1.54) is 0 Å². The van der Waals surface area contributed by atoms with E-state index in [1.54, 1.807) is 6.08 Å². The molecule has 2 heteroatoms. The van der Waals surface area contributed by atoms with Crippen molar-refractivity contribution in [3.63, 3.8) is 0 Å². The number of benzene rings is 1. The molecule has 0 unspecified atom stereocenters. The Balaban J connectivity index is 2.50. The number of fused-ring (bicyclic) bond motifs is 3. The predicted octanol–water partition coefficient (Wildman–Crippen LogP) is 6.27. The van der Waals surface area contributed by atoms with Crippen LogP contribution in [0.1, 0.15) is 36.4 Å². The van der Waals surface area contributed by atoms with Crippen molar-refractivity contribution in [1.82, 2.24) is 4.98 Å². The zero-order valence-corrected chi connectivity index (χ0v) is 12.9. The normalized spacial score (nSPS) is 12.1. The van der Waals surface area contributed by atoms with E-state index in [2.05, 4.69) is 36.4 Å². The highest BCUT2D eigenvalue weighted by molar-refractivity contribution is 6.11. The number of aromatic nitrogens is 1. The first-order chi connectivity index (χ1) is 10.7. The molecular formula is C20H19NO. The topological polar surface area (TPSA) is 28.9 Å². The third kappa shape index (κ3) is 1.96. The van der Waals surface area contributed by atoms with Crippen LogP contribution in [0.15, 0.2) is 41.9 Å². The summed E-state index contributed by atoms with van der Waals surface area (Å²) in [5, 5.41) is 2.16. The van der Waals surface area contributed by atoms with Gasteiger partial charge in [-0.2, -0.15) is 0 Å². The minimum atomic E-state index is 0.796. The predicted molar refractivity (Wildman–Crippen MR) is 97.7 cm³/mol. The molecule has 0 saturated heterocycles. The van der Waals surface area contributed by atoms with Gasteiger partial charge in [0.05, 0.1) is 10.9 Å². The standard InChI is InChI=1S/C20H19NO/c1-5-9-14-15-11-12-17-19(20(15)22-18(14)8-4)13(7-3)16(21-17)10-6-2/h5-12,21H,3-4H2,1-2H3/b9-5-,10-6-. The summed E-state index contributed by atoms with van der Waals surface area (Å²) in [7, 11) is 0. The highest BCUT2D eigenvalue weighted by Crippen LogP contribution is 2.37. The van der Waals surface area contributed by atoms with Crippen LogP contribution in [-0.2, 0) is 0 Å². The molecule has 0 amide bonds. The molecule has 0 fully saturated rings. The maximum atomic E-state index is 6.09. The number of allylic oxidation sites excluding steroid dienone is 2. The van der Waals surface area contributed by atoms with Gasteiger partial charge < -0.3 is 9.40 Å². The van der Waals surface area contributed by atoms with Crippen molar-refractivity contribution in [2.75, 3.05) is 0 Å². The van der Waals surface area contributed by atoms with Crippen molar-refractivity contribution < 1.29 is 4.42 Å². The van der Waals surface area contributed by atoms with Crippen LogP contribution < -0.4 is 0 Å². The molecule has 1 N–H and O–H groups in total. The number of furan rings is 1. The molecule has 2 aromatic heterocycles. The van der Waals surface area contributed by atoms with Crippen LogP contribution in [0.4, 0.5) is 0 Å². The van der Waals surface area contributed by atoms with Gasteiger partial charge >= 0.3 is 0 Å². The molecule has 2 heterocycles. The Morgan fingerprint density at radius 1 is 1.00 bits per heavy atom. The lowest BCUT2D eigenvalue weighted by Gasteiger charge is -1.95. The smallest absolute Gasteiger partial charge is 0.145 e. The minimum absolute atomic E-state index is 0.796. The van der Waals surface area contributed by atoms with E-state index >= 15 is 0 Å². The lowest BCUT2D eigenvalue weighted by molar-refractivity contribution is 0.606. The highest BCUT2D eigenvalue weighted by atomic mass is 16.3. The van der Waals surface area contributed by atoms with Crippen molar-refractivity contribution in [2.24, 2.45) is 0 Å². The molecule has 0 saturated carbocycles. The second-order valence-corrected chi connectivity index (χ2v) is 5.11. The van der Waals surface area contributed by atoms with Gasteiger partial charge in [-0.25, -0.2) is 0 Å². The number of nitrogens with one attached hydrogen (secondary N) is 1. The molecule has 1 aromatic carbocycles. The molecule has 110 valence electrons. The first kappa shape index (κ1) is 14.2. The quantitative estimate of drug-likeness (QED) is 0.602. The van der Waals surface area contributed by atoms with Crippen LogP contribution >= 0.6 is 0 Å². The monoisotopic (exact) mass is 289 g/mol. The van der Waals surface area contributed by atoms with Crippen LogP contribution in [0.5, 0.6) is 0 Å². The average Bonchev–Trinajstić information content (AvgIpc) is 3.05. The van der Waals surface area contributed by atoms with Crippen molar-refractivity contribution >= 4 is 46.2 Å². The lowest BCUT2D eigenvalue weighted by atomic mass is 10.0. The van der Waals surface area contributed by atoms with E-state index in [0.717, 1.165) is 44.5 Å². The van der Waals surface area contributed by atoms with E-state index in [9.17, 15) is 0 Å². The Labute approximate surface area is 130 Å². The molecule has 0 radical (unpaired) electrons. The summed E-state index contributed by atoms with van der Waals surface area (Å²) in [4.78, 5) is 3.43. The summed E-state index contributed by atoms with van der Waals surface area (Å²) < 4.78 is 6.09. The zero-order chi connectivity index (χ0) is 15.7. The van der Waals surface area contributed by atoms with Gasteiger partial charge in [-0.15, -0.1) is 0 Å². The molecule has 0 atom stereocenters. The molecule has 3 rings (SSSR count). The maximum absolute atomic E-state index is 6.09. The number of H-pyrrole nitrogens is 1. The van der Waals surface area contributed by atoms with Crippen molar-refractivity contribution in [1.29, 1.82) is 0 Å². The van der Waals surface area contributed by atoms with Gasteiger partial charge in [-0.05, 0) is 38.1 Å². The summed E-state index contributed by atoms with van der Waals surface area (Å²) >= 11 is 0. The number of aromatic amines is 1. The first-order valence-electron chi connectivity index (χ1n) is 7.36. The fraction of sp³-hybridized carbons (Fsp3) is 0.100. The lowest BCUT2D eigenvalue weighted by Crippen LogP contribution is -1.75. The summed E-state index contributed by atoms with van der Waals surface area (Å²) in [6, 6.07) is 4.18. The summed E-state index contributed by atoms with van der Waals surface area (Å²) in [6.45, 7) is 11.8. The van der Waals surface area contributed by atoms with Crippen LogP contribution in [0.3, 0.4) is 0 Å². The molecule has 0 bridgehead atoms. The van der Waals surface area contributed by atoms with Crippen LogP contribution in [0.2, 0.25) is 0 Å². The summed E-state index contributed by atoms with van der Waals surface area (Å²) in [6.07, 6.45) is 11.8. The summed E-state index contributed by atoms with van der Waals surface area (Å²) in [5.74, 6) is 0.796. The molecule has 2 nitrogen and oxygen atoms in total. The molecule has 0 aliphatic carbocycles. The van der Waals surface area contributed by atoms with Crippen molar-refractivity contribution in [2.45, 2.75) is 13.8 Å². The molecule has 22 heavy (non-hydrogen) atoms. The average molecular weight is 289 g/mol. The third-order valence-corrected chi connectivity index (χ3v) is 3.81. The fourth-order valence-electron chi connectivity index (χ4n) is 2.92. The SMILES string of the molecule is C=Cc1oc2c(ccc3[nH]c(/C=C\C)c(C=C)c32)c1/C=C\C. The Morgan fingerprint density at radius 3 is 2.41 bits per heavy atom. The third-order valence-electron chi connectivity index (χ3n) is 3.81. The second-order valence-electron chi connectivity index (χ2n) is 5.11. The Bertz CT molecular complexity index is 932. The van der Waals surface area contributed by atoms with E-state index in [0.29, 0.717) is 0 Å². The van der Waals surface area contributed by atoms with Crippen LogP contribution in [0.25, 0.3) is 46.2 Å². The molecule has 0 spiro atoms. The molecule has 0 aliphatic rings. The summed E-state index contributed by atoms with van der Waals surface area (Å²) in [5.41, 5.74) is 5.10. The number of hydrogen-bond acceptors (Lipinski definition) is 1. The van der Waals surface area contributed by atoms with Gasteiger partial charge in [-0.3, -0.25) is 0 Å². The van der Waals surface area contributed by atoms with Crippen molar-refractivity contribution in [3.8, 4) is 0 Å². The van der Waals surface area contributed by atoms with Gasteiger partial charge in [0.15, 0.2) is 0 Å². The number of rotatable bonds is 4.